The Labute approximate surface area is 290 Å². The Morgan fingerprint density at radius 1 is 0.725 bits per heavy atom. The summed E-state index contributed by atoms with van der Waals surface area (Å²) < 4.78 is 4.69. The van der Waals surface area contributed by atoms with Gasteiger partial charge in [0, 0.05) is 56.2 Å². The lowest BCUT2D eigenvalue weighted by molar-refractivity contribution is -0.385. The van der Waals surface area contributed by atoms with Crippen LogP contribution in [-0.2, 0) is 19.2 Å². The topological polar surface area (TPSA) is 362 Å². The lowest BCUT2D eigenvalue weighted by atomic mass is 10.3. The van der Waals surface area contributed by atoms with E-state index in [0.717, 1.165) is 12.1 Å². The number of amidine groups is 2. The van der Waals surface area contributed by atoms with E-state index < -0.39 is 32.7 Å². The number of hydrogen-bond acceptors (Lipinski definition) is 17. The number of oxime groups is 2. The molecule has 278 valence electrons. The second-order valence-electron chi connectivity index (χ2n) is 8.65. The van der Waals surface area contributed by atoms with E-state index >= 15 is 0 Å². The molecular weight excluding hydrogens is 686 g/mol. The lowest BCUT2D eigenvalue weighted by Crippen LogP contribution is -2.19. The van der Waals surface area contributed by atoms with E-state index in [1.165, 1.54) is 95.3 Å². The molecule has 0 spiro atoms. The third-order valence-electron chi connectivity index (χ3n) is 4.18. The molecule has 3 rings (SSSR count). The normalized spacial score (nSPS) is 9.59. The maximum absolute atomic E-state index is 10.5. The SMILES string of the molecule is C/C(N)=N/O.CC(=O)O/N=C(/C)N.CC(=O)Oc1ccc([N+](=O)[O-])cc1.CCC(=O)[O-].O=[N+]([O-])c1ccc(O)cc1.O=[N+]([O-])c1ccc([O-])cc1.[H+]. The van der Waals surface area contributed by atoms with Gasteiger partial charge in [0.25, 0.3) is 17.1 Å². The second kappa shape index (κ2) is 27.7. The Morgan fingerprint density at radius 2 is 1.06 bits per heavy atom. The fourth-order valence-electron chi connectivity index (χ4n) is 2.08. The number of aromatic hydroxyl groups is 1. The zero-order valence-corrected chi connectivity index (χ0v) is 27.7. The number of nitrogens with two attached hydrogens (primary N) is 2. The van der Waals surface area contributed by atoms with Crippen LogP contribution in [0.25, 0.3) is 0 Å². The highest BCUT2D eigenvalue weighted by Gasteiger charge is 2.05. The van der Waals surface area contributed by atoms with Crippen molar-refractivity contribution in [1.29, 1.82) is 0 Å². The van der Waals surface area contributed by atoms with Gasteiger partial charge in [0.1, 0.15) is 23.2 Å². The van der Waals surface area contributed by atoms with Crippen molar-refractivity contribution < 1.29 is 60.7 Å². The monoisotopic (exact) mass is 722 g/mol. The number of phenolic OH excluding ortho intramolecular Hbond substituents is 1. The molecule has 22 nitrogen and oxygen atoms in total. The summed E-state index contributed by atoms with van der Waals surface area (Å²) in [7, 11) is 0. The summed E-state index contributed by atoms with van der Waals surface area (Å²) in [5.41, 5.74) is 9.70. The van der Waals surface area contributed by atoms with Gasteiger partial charge in [0.15, 0.2) is 0 Å². The molecule has 3 aromatic rings. The van der Waals surface area contributed by atoms with Gasteiger partial charge in [-0.05, 0) is 44.5 Å². The Morgan fingerprint density at radius 3 is 1.29 bits per heavy atom. The van der Waals surface area contributed by atoms with E-state index in [-0.39, 0.29) is 48.1 Å². The number of rotatable bonds is 6. The first kappa shape index (κ1) is 48.0. The minimum absolute atomic E-state index is 0. The van der Waals surface area contributed by atoms with E-state index in [1.807, 2.05) is 0 Å². The molecule has 0 heterocycles. The zero-order valence-electron chi connectivity index (χ0n) is 28.7. The standard InChI is InChI=1S/C8H7NO4.2C6H5NO3.C4H8N2O2.C3H6O2.C2H6N2O/c1-6(10)13-8-4-2-7(3-5-8)9(11)12;2*8-6-3-1-5(2-4-6)7(9)10;1-3(5)6-8-4(2)7;1-2-3(4)5;1-2(3)4-5/h2-5H,1H3;2*1-4,8H;1-2H3,(H2,5,6);2H2,1H3,(H,4,5);5H,1H3,(H2,3,4)/p-1. The van der Waals surface area contributed by atoms with Crippen molar-refractivity contribution in [3.63, 3.8) is 0 Å². The molecule has 0 aliphatic rings. The number of hydrogen-bond donors (Lipinski definition) is 4. The predicted molar refractivity (Wildman–Crippen MR) is 176 cm³/mol. The number of non-ortho nitro benzene ring substituents is 3. The third kappa shape index (κ3) is 31.0. The fourth-order valence-corrected chi connectivity index (χ4v) is 2.08. The number of carbonyl (C=O) groups excluding carboxylic acids is 3. The number of esters is 1. The third-order valence-corrected chi connectivity index (χ3v) is 4.18. The molecule has 0 aliphatic carbocycles. The van der Waals surface area contributed by atoms with Crippen LogP contribution in [0, 0.1) is 30.3 Å². The first-order valence-electron chi connectivity index (χ1n) is 13.6. The Kier molecular flexibility index (Phi) is 26.1. The molecule has 6 N–H and O–H groups in total. The van der Waals surface area contributed by atoms with Crippen LogP contribution in [0.1, 0.15) is 42.5 Å². The maximum Gasteiger partial charge on any atom is 1.00 e. The minimum atomic E-state index is -0.995. The summed E-state index contributed by atoms with van der Waals surface area (Å²) in [6, 6.07) is 15.0. The Bertz CT molecular complexity index is 1540. The van der Waals surface area contributed by atoms with Crippen LogP contribution in [0.5, 0.6) is 17.2 Å². The quantitative estimate of drug-likeness (QED) is 0.0414. The molecule has 0 saturated carbocycles. The highest BCUT2D eigenvalue weighted by atomic mass is 16.7. The van der Waals surface area contributed by atoms with Crippen LogP contribution in [0.2, 0.25) is 0 Å². The Balaban J connectivity index is -0.000000273. The smallest absolute Gasteiger partial charge is 0.872 e. The first-order chi connectivity index (χ1) is 23.7. The molecule has 3 aromatic carbocycles. The summed E-state index contributed by atoms with van der Waals surface area (Å²) in [4.78, 5) is 62.5. The number of carbonyl (C=O) groups is 3. The minimum Gasteiger partial charge on any atom is -0.872 e. The van der Waals surface area contributed by atoms with Gasteiger partial charge in [-0.25, -0.2) is 4.79 Å². The molecule has 0 aliphatic heterocycles. The lowest BCUT2D eigenvalue weighted by Gasteiger charge is -2.00. The summed E-state index contributed by atoms with van der Waals surface area (Å²) in [6.07, 6.45) is 0.111. The predicted octanol–water partition coefficient (Wildman–Crippen LogP) is 2.34. The van der Waals surface area contributed by atoms with Gasteiger partial charge in [-0.2, -0.15) is 0 Å². The van der Waals surface area contributed by atoms with Gasteiger partial charge in [-0.1, -0.05) is 29.4 Å². The highest BCUT2D eigenvalue weighted by Crippen LogP contribution is 2.17. The number of carboxylic acid groups (broad SMARTS) is 1. The largest absolute Gasteiger partial charge is 1.00 e. The van der Waals surface area contributed by atoms with Gasteiger partial charge in [0.2, 0.25) is 0 Å². The van der Waals surface area contributed by atoms with E-state index in [9.17, 15) is 54.9 Å². The van der Waals surface area contributed by atoms with Gasteiger partial charge in [-0.15, -0.1) is 5.75 Å². The second-order valence-corrected chi connectivity index (χ2v) is 8.65. The van der Waals surface area contributed by atoms with Crippen molar-refractivity contribution in [2.24, 2.45) is 21.8 Å². The molecule has 0 bridgehead atoms. The van der Waals surface area contributed by atoms with Crippen molar-refractivity contribution in [2.45, 2.75) is 41.0 Å². The van der Waals surface area contributed by atoms with Crippen molar-refractivity contribution in [3.05, 3.63) is 103 Å². The van der Waals surface area contributed by atoms with Crippen LogP contribution in [0.3, 0.4) is 0 Å². The van der Waals surface area contributed by atoms with Crippen LogP contribution < -0.4 is 26.4 Å². The molecule has 22 heteroatoms. The molecule has 0 fully saturated rings. The molecule has 0 saturated heterocycles. The first-order valence-corrected chi connectivity index (χ1v) is 13.6. The average molecular weight is 723 g/mol. The van der Waals surface area contributed by atoms with Crippen molar-refractivity contribution >= 4 is 46.6 Å². The molecule has 0 atom stereocenters. The van der Waals surface area contributed by atoms with E-state index in [4.69, 9.17) is 21.8 Å². The maximum atomic E-state index is 10.5. The molecule has 0 unspecified atom stereocenters. The summed E-state index contributed by atoms with van der Waals surface area (Å²) in [6.45, 7) is 7.09. The number of benzene rings is 3. The highest BCUT2D eigenvalue weighted by molar-refractivity contribution is 5.78. The van der Waals surface area contributed by atoms with E-state index in [0.29, 0.717) is 5.75 Å². The molecule has 51 heavy (non-hydrogen) atoms. The average Bonchev–Trinajstić information content (AvgIpc) is 3.05. The van der Waals surface area contributed by atoms with Gasteiger partial charge >= 0.3 is 13.4 Å². The van der Waals surface area contributed by atoms with E-state index in [2.05, 4.69) is 19.9 Å². The van der Waals surface area contributed by atoms with Crippen LogP contribution >= 0.6 is 0 Å². The van der Waals surface area contributed by atoms with Crippen LogP contribution in [0.15, 0.2) is 83.1 Å². The molecular formula is C29H36N7O15-. The van der Waals surface area contributed by atoms with Gasteiger partial charge in [0.05, 0.1) is 14.8 Å². The van der Waals surface area contributed by atoms with Crippen LogP contribution in [-0.4, -0.2) is 54.7 Å². The molecule has 0 amide bonds. The summed E-state index contributed by atoms with van der Waals surface area (Å²) in [5, 5.41) is 72.0. The number of nitro benzene ring substituents is 3. The van der Waals surface area contributed by atoms with Crippen LogP contribution in [0.4, 0.5) is 17.1 Å². The number of phenols is 1. The van der Waals surface area contributed by atoms with Crippen molar-refractivity contribution in [1.82, 2.24) is 0 Å². The number of aliphatic carboxylic acids is 1. The number of carboxylic acids is 1. The van der Waals surface area contributed by atoms with Gasteiger partial charge < -0.3 is 46.4 Å². The summed E-state index contributed by atoms with van der Waals surface area (Å²) >= 11 is 0. The summed E-state index contributed by atoms with van der Waals surface area (Å²) in [5.74, 6) is -1.37. The molecule has 0 aromatic heterocycles. The van der Waals surface area contributed by atoms with E-state index in [1.54, 1.807) is 0 Å². The van der Waals surface area contributed by atoms with Crippen molar-refractivity contribution in [2.75, 3.05) is 0 Å². The number of nitrogens with zero attached hydrogens (tertiary/aromatic N) is 5. The van der Waals surface area contributed by atoms with Crippen molar-refractivity contribution in [3.8, 4) is 17.2 Å². The number of nitro groups is 3. The number of ether oxygens (including phenoxy) is 1. The Hall–Kier alpha value is -7.39. The van der Waals surface area contributed by atoms with Gasteiger partial charge in [-0.3, -0.25) is 35.1 Å². The fraction of sp³-hybridized carbons (Fsp3) is 0.207. The molecule has 0 radical (unpaired) electrons. The zero-order chi connectivity index (χ0) is 40.1.